The highest BCUT2D eigenvalue weighted by atomic mass is 19.1. The van der Waals surface area contributed by atoms with Crippen molar-refractivity contribution in [3.63, 3.8) is 0 Å². The Morgan fingerprint density at radius 2 is 2.12 bits per heavy atom. The summed E-state index contributed by atoms with van der Waals surface area (Å²) in [7, 11) is 0. The van der Waals surface area contributed by atoms with E-state index in [1.807, 2.05) is 0 Å². The predicted octanol–water partition coefficient (Wildman–Crippen LogP) is 2.97. The molecule has 0 radical (unpaired) electrons. The van der Waals surface area contributed by atoms with Crippen molar-refractivity contribution in [3.05, 3.63) is 35.6 Å². The molecule has 1 aromatic carbocycles. The van der Waals surface area contributed by atoms with Gasteiger partial charge in [-0.15, -0.1) is 0 Å². The monoisotopic (exact) mass is 222 g/mol. The molecule has 0 aromatic heterocycles. The number of halogens is 1. The first-order valence-corrected chi connectivity index (χ1v) is 5.66. The minimum atomic E-state index is -0.310. The first kappa shape index (κ1) is 11.3. The molecule has 2 rings (SSSR count). The van der Waals surface area contributed by atoms with Gasteiger partial charge in [0.05, 0.1) is 6.10 Å². The average molecular weight is 222 g/mol. The topological polar surface area (TPSA) is 26.3 Å². The fourth-order valence-corrected chi connectivity index (χ4v) is 1.94. The Labute approximate surface area is 94.4 Å². The number of hydrogen-bond donors (Lipinski definition) is 0. The van der Waals surface area contributed by atoms with E-state index >= 15 is 0 Å². The smallest absolute Gasteiger partial charge is 0.162 e. The summed E-state index contributed by atoms with van der Waals surface area (Å²) in [5.41, 5.74) is 0.583. The number of ether oxygens (including phenoxy) is 1. The summed E-state index contributed by atoms with van der Waals surface area (Å²) in [6.07, 6.45) is 3.64. The van der Waals surface area contributed by atoms with Crippen LogP contribution in [0.1, 0.15) is 36.0 Å². The van der Waals surface area contributed by atoms with E-state index in [0.717, 1.165) is 25.9 Å². The molecule has 0 saturated carbocycles. The van der Waals surface area contributed by atoms with Crippen LogP contribution in [0.2, 0.25) is 0 Å². The zero-order valence-corrected chi connectivity index (χ0v) is 9.12. The van der Waals surface area contributed by atoms with Gasteiger partial charge in [0.2, 0.25) is 0 Å². The van der Waals surface area contributed by atoms with Crippen molar-refractivity contribution in [2.75, 3.05) is 6.61 Å². The zero-order chi connectivity index (χ0) is 11.4. The molecule has 0 N–H and O–H groups in total. The quantitative estimate of drug-likeness (QED) is 0.732. The third kappa shape index (κ3) is 2.89. The lowest BCUT2D eigenvalue weighted by Gasteiger charge is -2.07. The van der Waals surface area contributed by atoms with E-state index in [-0.39, 0.29) is 17.7 Å². The summed E-state index contributed by atoms with van der Waals surface area (Å²) in [5, 5.41) is 0. The first-order chi connectivity index (χ1) is 7.75. The normalized spacial score (nSPS) is 19.9. The highest BCUT2D eigenvalue weighted by Crippen LogP contribution is 2.18. The molecule has 1 unspecified atom stereocenters. The lowest BCUT2D eigenvalue weighted by atomic mass is 10.0. The van der Waals surface area contributed by atoms with Crippen LogP contribution < -0.4 is 0 Å². The minimum Gasteiger partial charge on any atom is -0.378 e. The van der Waals surface area contributed by atoms with Crippen LogP contribution in [0.4, 0.5) is 4.39 Å². The molecule has 1 heterocycles. The molecule has 1 aromatic rings. The van der Waals surface area contributed by atoms with Crippen LogP contribution in [0.25, 0.3) is 0 Å². The van der Waals surface area contributed by atoms with E-state index in [9.17, 15) is 9.18 Å². The highest BCUT2D eigenvalue weighted by molar-refractivity contribution is 5.95. The zero-order valence-electron chi connectivity index (χ0n) is 9.12. The Bertz CT molecular complexity index is 353. The molecule has 1 aliphatic heterocycles. The van der Waals surface area contributed by atoms with Gasteiger partial charge < -0.3 is 4.74 Å². The second-order valence-electron chi connectivity index (χ2n) is 4.10. The van der Waals surface area contributed by atoms with E-state index in [4.69, 9.17) is 4.74 Å². The number of benzene rings is 1. The van der Waals surface area contributed by atoms with Crippen LogP contribution in [0.15, 0.2) is 24.3 Å². The van der Waals surface area contributed by atoms with Gasteiger partial charge in [0, 0.05) is 18.6 Å². The van der Waals surface area contributed by atoms with E-state index in [0.29, 0.717) is 12.0 Å². The van der Waals surface area contributed by atoms with Gasteiger partial charge >= 0.3 is 0 Å². The van der Waals surface area contributed by atoms with Crippen molar-refractivity contribution >= 4 is 5.78 Å². The van der Waals surface area contributed by atoms with Crippen LogP contribution >= 0.6 is 0 Å². The largest absolute Gasteiger partial charge is 0.378 e. The first-order valence-electron chi connectivity index (χ1n) is 5.66. The third-order valence-electron chi connectivity index (χ3n) is 2.88. The van der Waals surface area contributed by atoms with Crippen LogP contribution in [0.3, 0.4) is 0 Å². The Hall–Kier alpha value is -1.22. The summed E-state index contributed by atoms with van der Waals surface area (Å²) < 4.78 is 18.1. The second-order valence-corrected chi connectivity index (χ2v) is 4.10. The number of rotatable bonds is 4. The molecule has 0 bridgehead atoms. The van der Waals surface area contributed by atoms with Gasteiger partial charge in [0.15, 0.2) is 5.78 Å². The van der Waals surface area contributed by atoms with Gasteiger partial charge in [-0.05, 0) is 43.5 Å². The fraction of sp³-hybridized carbons (Fsp3) is 0.462. The van der Waals surface area contributed by atoms with Crippen molar-refractivity contribution in [1.82, 2.24) is 0 Å². The summed E-state index contributed by atoms with van der Waals surface area (Å²) in [6, 6.07) is 5.71. The van der Waals surface area contributed by atoms with Crippen molar-refractivity contribution in [2.24, 2.45) is 0 Å². The number of carbonyl (C=O) groups excluding carboxylic acids is 1. The summed E-state index contributed by atoms with van der Waals surface area (Å²) in [5.74, 6) is -0.244. The molecular weight excluding hydrogens is 207 g/mol. The molecular formula is C13H15FO2. The molecule has 1 saturated heterocycles. The highest BCUT2D eigenvalue weighted by Gasteiger charge is 2.17. The van der Waals surface area contributed by atoms with Crippen molar-refractivity contribution in [3.8, 4) is 0 Å². The lowest BCUT2D eigenvalue weighted by molar-refractivity contribution is 0.0859. The Balaban J connectivity index is 1.85. The molecule has 0 aliphatic carbocycles. The van der Waals surface area contributed by atoms with E-state index < -0.39 is 0 Å². The van der Waals surface area contributed by atoms with Gasteiger partial charge in [0.1, 0.15) is 5.82 Å². The fourth-order valence-electron chi connectivity index (χ4n) is 1.94. The lowest BCUT2D eigenvalue weighted by Crippen LogP contribution is -2.08. The van der Waals surface area contributed by atoms with Gasteiger partial charge in [-0.3, -0.25) is 4.79 Å². The molecule has 0 spiro atoms. The minimum absolute atomic E-state index is 0.0653. The summed E-state index contributed by atoms with van der Waals surface area (Å²) >= 11 is 0. The molecule has 2 nitrogen and oxygen atoms in total. The molecule has 1 aliphatic rings. The predicted molar refractivity (Wildman–Crippen MR) is 58.9 cm³/mol. The molecule has 0 amide bonds. The number of Topliss-reactive ketones (excluding diaryl/α,β-unsaturated/α-hetero) is 1. The summed E-state index contributed by atoms with van der Waals surface area (Å²) in [6.45, 7) is 0.815. The number of ketones is 1. The van der Waals surface area contributed by atoms with Gasteiger partial charge in [-0.2, -0.15) is 0 Å². The van der Waals surface area contributed by atoms with Crippen molar-refractivity contribution in [1.29, 1.82) is 0 Å². The van der Waals surface area contributed by atoms with E-state index in [1.165, 1.54) is 24.3 Å². The van der Waals surface area contributed by atoms with Gasteiger partial charge in [-0.25, -0.2) is 4.39 Å². The van der Waals surface area contributed by atoms with E-state index in [1.54, 1.807) is 0 Å². The Morgan fingerprint density at radius 3 is 2.75 bits per heavy atom. The standard InChI is InChI=1S/C13H15FO2/c14-11-5-3-10(4-6-11)13(15)8-7-12-2-1-9-16-12/h3-6,12H,1-2,7-9H2. The van der Waals surface area contributed by atoms with Gasteiger partial charge in [0.25, 0.3) is 0 Å². The summed E-state index contributed by atoms with van der Waals surface area (Å²) in [4.78, 5) is 11.7. The van der Waals surface area contributed by atoms with Gasteiger partial charge in [-0.1, -0.05) is 0 Å². The number of carbonyl (C=O) groups is 1. The van der Waals surface area contributed by atoms with E-state index in [2.05, 4.69) is 0 Å². The van der Waals surface area contributed by atoms with Crippen molar-refractivity contribution < 1.29 is 13.9 Å². The molecule has 1 fully saturated rings. The van der Waals surface area contributed by atoms with Crippen LogP contribution in [0, 0.1) is 5.82 Å². The molecule has 3 heteroatoms. The number of hydrogen-bond acceptors (Lipinski definition) is 2. The Morgan fingerprint density at radius 1 is 1.38 bits per heavy atom. The Kier molecular flexibility index (Phi) is 3.67. The van der Waals surface area contributed by atoms with Crippen LogP contribution in [0.5, 0.6) is 0 Å². The molecule has 1 atom stereocenters. The maximum atomic E-state index is 12.7. The maximum absolute atomic E-state index is 12.7. The SMILES string of the molecule is O=C(CCC1CCCO1)c1ccc(F)cc1. The van der Waals surface area contributed by atoms with Crippen LogP contribution in [-0.2, 0) is 4.74 Å². The third-order valence-corrected chi connectivity index (χ3v) is 2.88. The average Bonchev–Trinajstić information content (AvgIpc) is 2.80. The van der Waals surface area contributed by atoms with Crippen LogP contribution in [-0.4, -0.2) is 18.5 Å². The van der Waals surface area contributed by atoms with Crippen molar-refractivity contribution in [2.45, 2.75) is 31.8 Å². The second kappa shape index (κ2) is 5.21. The molecule has 16 heavy (non-hydrogen) atoms. The maximum Gasteiger partial charge on any atom is 0.162 e. The molecule has 86 valence electrons.